The second kappa shape index (κ2) is 7.47. The third-order valence-corrected chi connectivity index (χ3v) is 4.34. The lowest BCUT2D eigenvalue weighted by Gasteiger charge is -2.37. The van der Waals surface area contributed by atoms with E-state index in [0.29, 0.717) is 6.42 Å². The van der Waals surface area contributed by atoms with Gasteiger partial charge in [-0.2, -0.15) is 0 Å². The molecule has 2 heteroatoms. The fourth-order valence-corrected chi connectivity index (χ4v) is 2.39. The zero-order chi connectivity index (χ0) is 15.1. The minimum absolute atomic E-state index is 0.711. The van der Waals surface area contributed by atoms with Gasteiger partial charge in [0.2, 0.25) is 0 Å². The average Bonchev–Trinajstić information content (AvgIpc) is 2.48. The topological polar surface area (TPSA) is 20.2 Å². The van der Waals surface area contributed by atoms with Crippen LogP contribution in [0.4, 0.5) is 0 Å². The van der Waals surface area contributed by atoms with Gasteiger partial charge in [0.05, 0.1) is 26.2 Å². The molecule has 1 N–H and O–H groups in total. The first kappa shape index (κ1) is 16.8. The molecule has 1 rings (SSSR count). The van der Waals surface area contributed by atoms with Crippen LogP contribution in [-0.4, -0.2) is 41.4 Å². The van der Waals surface area contributed by atoms with Crippen molar-refractivity contribution in [1.29, 1.82) is 0 Å². The molecular weight excluding hydrogens is 246 g/mol. The van der Waals surface area contributed by atoms with Gasteiger partial charge in [-0.25, -0.2) is 0 Å². The van der Waals surface area contributed by atoms with Gasteiger partial charge in [-0.05, 0) is 39.8 Å². The number of nitrogens with zero attached hydrogens (tertiary/aromatic N) is 1. The van der Waals surface area contributed by atoms with Crippen LogP contribution in [-0.2, 0) is 0 Å². The first-order valence-electron chi connectivity index (χ1n) is 7.62. The summed E-state index contributed by atoms with van der Waals surface area (Å²) in [6, 6.07) is 9.83. The molecule has 1 atom stereocenters. The summed E-state index contributed by atoms with van der Waals surface area (Å²) in [4.78, 5) is 0. The van der Waals surface area contributed by atoms with Gasteiger partial charge in [0, 0.05) is 12.0 Å². The van der Waals surface area contributed by atoms with E-state index in [0.717, 1.165) is 36.2 Å². The molecule has 0 aliphatic heterocycles. The van der Waals surface area contributed by atoms with Crippen molar-refractivity contribution in [3.05, 3.63) is 35.9 Å². The highest BCUT2D eigenvalue weighted by molar-refractivity contribution is 5.35. The average molecular weight is 274 g/mol. The molecule has 0 aliphatic carbocycles. The molecule has 0 aliphatic rings. The summed E-state index contributed by atoms with van der Waals surface area (Å²) in [6.45, 7) is 12.8. The first-order valence-corrected chi connectivity index (χ1v) is 7.62. The molecule has 0 radical (unpaired) electrons. The van der Waals surface area contributed by atoms with Crippen LogP contribution in [0.2, 0.25) is 0 Å². The Kier molecular flexibility index (Phi) is 6.26. The van der Waals surface area contributed by atoms with Gasteiger partial charge in [-0.15, -0.1) is 0 Å². The lowest BCUT2D eigenvalue weighted by Crippen LogP contribution is -2.50. The van der Waals surface area contributed by atoms with Gasteiger partial charge < -0.3 is 9.59 Å². The van der Waals surface area contributed by atoms with Gasteiger partial charge in [0.1, 0.15) is 5.60 Å². The predicted octanol–water partition coefficient (Wildman–Crippen LogP) is 3.06. The first-order chi connectivity index (χ1) is 9.47. The van der Waals surface area contributed by atoms with Crippen LogP contribution in [0, 0.1) is 11.8 Å². The molecule has 0 amide bonds. The Morgan fingerprint density at radius 1 is 1.05 bits per heavy atom. The van der Waals surface area contributed by atoms with Crippen LogP contribution < -0.4 is 0 Å². The van der Waals surface area contributed by atoms with E-state index in [1.165, 1.54) is 0 Å². The van der Waals surface area contributed by atoms with Gasteiger partial charge in [-0.3, -0.25) is 0 Å². The van der Waals surface area contributed by atoms with E-state index in [2.05, 4.69) is 32.6 Å². The maximum atomic E-state index is 10.4. The van der Waals surface area contributed by atoms with Crippen molar-refractivity contribution in [1.82, 2.24) is 0 Å². The molecule has 1 aromatic rings. The summed E-state index contributed by atoms with van der Waals surface area (Å²) in [5, 5.41) is 10.4. The molecule has 0 fully saturated rings. The molecule has 20 heavy (non-hydrogen) atoms. The number of hydrogen-bond acceptors (Lipinski definition) is 1. The highest BCUT2D eigenvalue weighted by Gasteiger charge is 2.26. The largest absolute Gasteiger partial charge is 0.378 e. The molecule has 0 heterocycles. The quantitative estimate of drug-likeness (QED) is 0.624. The van der Waals surface area contributed by atoms with E-state index in [-0.39, 0.29) is 0 Å². The van der Waals surface area contributed by atoms with Crippen molar-refractivity contribution >= 4 is 0 Å². The Morgan fingerprint density at radius 3 is 2.10 bits per heavy atom. The normalized spacial score (nSPS) is 14.2. The fourth-order valence-electron chi connectivity index (χ4n) is 2.39. The zero-order valence-corrected chi connectivity index (χ0v) is 13.3. The van der Waals surface area contributed by atoms with E-state index < -0.39 is 5.60 Å². The minimum atomic E-state index is -0.918. The minimum Gasteiger partial charge on any atom is -0.378 e. The summed E-state index contributed by atoms with van der Waals surface area (Å²) in [7, 11) is 0. The molecule has 0 bridgehead atoms. The number of hydrogen-bond donors (Lipinski definition) is 1. The molecule has 1 unspecified atom stereocenters. The van der Waals surface area contributed by atoms with Crippen LogP contribution in [0.25, 0.3) is 0 Å². The standard InChI is InChI=1S/C18H28NO/c1-5-19(6-2,7-3)16-15-18(4,20)14-13-17-11-9-8-10-12-17/h8-12,20H,5-7,15-16H2,1-4H3/q+1. The SMILES string of the molecule is CC[N+](CC)(CC)CCC(C)(O)C#Cc1ccccc1. The maximum absolute atomic E-state index is 10.4. The molecular formula is C18H28NO+. The Labute approximate surface area is 124 Å². The van der Waals surface area contributed by atoms with Crippen molar-refractivity contribution in [2.75, 3.05) is 26.2 Å². The van der Waals surface area contributed by atoms with Gasteiger partial charge >= 0.3 is 0 Å². The molecule has 0 saturated heterocycles. The second-order valence-corrected chi connectivity index (χ2v) is 5.65. The van der Waals surface area contributed by atoms with E-state index in [9.17, 15) is 5.11 Å². The van der Waals surface area contributed by atoms with E-state index >= 15 is 0 Å². The Morgan fingerprint density at radius 2 is 1.60 bits per heavy atom. The number of benzene rings is 1. The van der Waals surface area contributed by atoms with Crippen molar-refractivity contribution < 1.29 is 9.59 Å². The summed E-state index contributed by atoms with van der Waals surface area (Å²) < 4.78 is 1.04. The molecule has 110 valence electrons. The van der Waals surface area contributed by atoms with Crippen LogP contribution in [0.5, 0.6) is 0 Å². The third kappa shape index (κ3) is 5.00. The maximum Gasteiger partial charge on any atom is 0.128 e. The lowest BCUT2D eigenvalue weighted by atomic mass is 10.0. The van der Waals surface area contributed by atoms with Crippen molar-refractivity contribution in [3.63, 3.8) is 0 Å². The van der Waals surface area contributed by atoms with Gasteiger partial charge in [0.15, 0.2) is 0 Å². The Balaban J connectivity index is 2.69. The second-order valence-electron chi connectivity index (χ2n) is 5.65. The molecule has 0 saturated carbocycles. The Bertz CT molecular complexity index is 441. The fraction of sp³-hybridized carbons (Fsp3) is 0.556. The third-order valence-electron chi connectivity index (χ3n) is 4.34. The smallest absolute Gasteiger partial charge is 0.128 e. The van der Waals surface area contributed by atoms with Gasteiger partial charge in [0.25, 0.3) is 0 Å². The summed E-state index contributed by atoms with van der Waals surface area (Å²) in [5.74, 6) is 6.08. The lowest BCUT2D eigenvalue weighted by molar-refractivity contribution is -0.923. The summed E-state index contributed by atoms with van der Waals surface area (Å²) in [6.07, 6.45) is 0.711. The van der Waals surface area contributed by atoms with Crippen LogP contribution in [0.1, 0.15) is 39.7 Å². The van der Waals surface area contributed by atoms with E-state index in [4.69, 9.17) is 0 Å². The van der Waals surface area contributed by atoms with Crippen molar-refractivity contribution in [3.8, 4) is 11.8 Å². The highest BCUT2D eigenvalue weighted by Crippen LogP contribution is 2.15. The molecule has 0 spiro atoms. The van der Waals surface area contributed by atoms with Crippen LogP contribution >= 0.6 is 0 Å². The molecule has 0 aromatic heterocycles. The predicted molar refractivity (Wildman–Crippen MR) is 85.3 cm³/mol. The van der Waals surface area contributed by atoms with E-state index in [1.807, 2.05) is 37.3 Å². The van der Waals surface area contributed by atoms with E-state index in [1.54, 1.807) is 0 Å². The van der Waals surface area contributed by atoms with Gasteiger partial charge in [-0.1, -0.05) is 30.0 Å². The Hall–Kier alpha value is -1.30. The monoisotopic (exact) mass is 274 g/mol. The molecule has 1 aromatic carbocycles. The summed E-state index contributed by atoms with van der Waals surface area (Å²) in [5.41, 5.74) is 0.0359. The summed E-state index contributed by atoms with van der Waals surface area (Å²) >= 11 is 0. The number of rotatable bonds is 6. The van der Waals surface area contributed by atoms with Crippen molar-refractivity contribution in [2.45, 2.75) is 39.7 Å². The van der Waals surface area contributed by atoms with Crippen LogP contribution in [0.3, 0.4) is 0 Å². The number of quaternary nitrogens is 1. The zero-order valence-electron chi connectivity index (χ0n) is 13.3. The van der Waals surface area contributed by atoms with Crippen LogP contribution in [0.15, 0.2) is 30.3 Å². The molecule has 2 nitrogen and oxygen atoms in total. The van der Waals surface area contributed by atoms with Crippen molar-refractivity contribution in [2.24, 2.45) is 0 Å². The number of aliphatic hydroxyl groups is 1. The highest BCUT2D eigenvalue weighted by atomic mass is 16.3.